The van der Waals surface area contributed by atoms with Gasteiger partial charge in [-0.1, -0.05) is 140 Å². The SMILES string of the molecule is c1ccc(-c2nc(-c3ccccc3)nc(-c3cccc4c3oc3c(-c5ccc6c(c5)c5ccc7sc8ccccc8c7c5n6-c5ccccc5)cccc34)n2)cc1. The van der Waals surface area contributed by atoms with Crippen LogP contribution in [0.5, 0.6) is 0 Å². The molecule has 4 aromatic heterocycles. The molecule has 0 spiro atoms. The van der Waals surface area contributed by atoms with E-state index < -0.39 is 0 Å². The third-order valence-electron chi connectivity index (χ3n) is 11.1. The summed E-state index contributed by atoms with van der Waals surface area (Å²) in [6.45, 7) is 0. The van der Waals surface area contributed by atoms with Crippen molar-refractivity contribution in [2.45, 2.75) is 0 Å². The first-order valence-corrected chi connectivity index (χ1v) is 19.8. The molecule has 0 saturated carbocycles. The van der Waals surface area contributed by atoms with Crippen LogP contribution in [0.15, 0.2) is 186 Å². The maximum absolute atomic E-state index is 6.98. The number of benzene rings is 8. The Balaban J connectivity index is 1.08. The molecule has 8 aromatic carbocycles. The molecule has 0 aliphatic rings. The van der Waals surface area contributed by atoms with E-state index >= 15 is 0 Å². The molecule has 0 fully saturated rings. The van der Waals surface area contributed by atoms with E-state index in [1.54, 1.807) is 0 Å². The summed E-state index contributed by atoms with van der Waals surface area (Å²) in [5.74, 6) is 1.80. The summed E-state index contributed by atoms with van der Waals surface area (Å²) in [6.07, 6.45) is 0. The lowest BCUT2D eigenvalue weighted by molar-refractivity contribution is 0.670. The molecule has 12 aromatic rings. The number of para-hydroxylation sites is 3. The summed E-state index contributed by atoms with van der Waals surface area (Å²) in [5.41, 5.74) is 9.92. The first-order chi connectivity index (χ1) is 28.3. The zero-order valence-electron chi connectivity index (χ0n) is 30.4. The predicted octanol–water partition coefficient (Wildman–Crippen LogP) is 13.9. The lowest BCUT2D eigenvalue weighted by Gasteiger charge is -2.09. The Morgan fingerprint density at radius 3 is 1.72 bits per heavy atom. The average molecular weight is 747 g/mol. The fourth-order valence-electron chi connectivity index (χ4n) is 8.48. The Morgan fingerprint density at radius 1 is 0.404 bits per heavy atom. The smallest absolute Gasteiger partial charge is 0.167 e. The molecule has 0 aliphatic carbocycles. The summed E-state index contributed by atoms with van der Waals surface area (Å²) in [6, 6.07) is 63.7. The van der Waals surface area contributed by atoms with Crippen molar-refractivity contribution < 1.29 is 4.42 Å². The average Bonchev–Trinajstić information content (AvgIpc) is 3.96. The number of thiophene rings is 1. The minimum atomic E-state index is 0.566. The number of hydrogen-bond acceptors (Lipinski definition) is 5. The van der Waals surface area contributed by atoms with Crippen LogP contribution in [-0.2, 0) is 0 Å². The molecular formula is C51H30N4OS. The van der Waals surface area contributed by atoms with Crippen molar-refractivity contribution in [2.75, 3.05) is 0 Å². The van der Waals surface area contributed by atoms with Crippen LogP contribution in [0.1, 0.15) is 0 Å². The highest BCUT2D eigenvalue weighted by molar-refractivity contribution is 7.26. The normalized spacial score (nSPS) is 11.9. The Hall–Kier alpha value is -7.41. The molecular weight excluding hydrogens is 717 g/mol. The summed E-state index contributed by atoms with van der Waals surface area (Å²) >= 11 is 1.85. The molecule has 12 rings (SSSR count). The van der Waals surface area contributed by atoms with Gasteiger partial charge < -0.3 is 8.98 Å². The highest BCUT2D eigenvalue weighted by atomic mass is 32.1. The highest BCUT2D eigenvalue weighted by Gasteiger charge is 2.22. The number of aromatic nitrogens is 4. The topological polar surface area (TPSA) is 56.7 Å². The van der Waals surface area contributed by atoms with Crippen molar-refractivity contribution in [3.05, 3.63) is 182 Å². The fraction of sp³-hybridized carbons (Fsp3) is 0. The Bertz CT molecular complexity index is 3460. The minimum Gasteiger partial charge on any atom is -0.455 e. The van der Waals surface area contributed by atoms with Gasteiger partial charge >= 0.3 is 0 Å². The van der Waals surface area contributed by atoms with Gasteiger partial charge in [-0.05, 0) is 48.0 Å². The molecule has 0 amide bonds. The predicted molar refractivity (Wildman–Crippen MR) is 236 cm³/mol. The summed E-state index contributed by atoms with van der Waals surface area (Å²) in [4.78, 5) is 15.0. The van der Waals surface area contributed by atoms with E-state index in [9.17, 15) is 0 Å². The van der Waals surface area contributed by atoms with Crippen LogP contribution < -0.4 is 0 Å². The lowest BCUT2D eigenvalue weighted by Crippen LogP contribution is -2.00. The van der Waals surface area contributed by atoms with Gasteiger partial charge in [0.05, 0.1) is 16.6 Å². The Morgan fingerprint density at radius 2 is 1.00 bits per heavy atom. The zero-order chi connectivity index (χ0) is 37.5. The van der Waals surface area contributed by atoms with Gasteiger partial charge in [0.15, 0.2) is 17.5 Å². The molecule has 0 atom stereocenters. The van der Waals surface area contributed by atoms with Crippen LogP contribution in [0.25, 0.3) is 115 Å². The molecule has 0 N–H and O–H groups in total. The summed E-state index contributed by atoms with van der Waals surface area (Å²) < 4.78 is 12.0. The second-order valence-corrected chi connectivity index (χ2v) is 15.4. The van der Waals surface area contributed by atoms with Gasteiger partial charge in [0, 0.05) is 64.1 Å². The van der Waals surface area contributed by atoms with Crippen LogP contribution in [0.3, 0.4) is 0 Å². The van der Waals surface area contributed by atoms with Crippen LogP contribution in [0.2, 0.25) is 0 Å². The monoisotopic (exact) mass is 746 g/mol. The quantitative estimate of drug-likeness (QED) is 0.176. The van der Waals surface area contributed by atoms with Gasteiger partial charge in [-0.2, -0.15) is 0 Å². The van der Waals surface area contributed by atoms with Gasteiger partial charge in [-0.25, -0.2) is 15.0 Å². The zero-order valence-corrected chi connectivity index (χ0v) is 31.2. The van der Waals surface area contributed by atoms with Crippen molar-refractivity contribution in [3.63, 3.8) is 0 Å². The molecule has 6 heteroatoms. The standard InChI is InChI=1S/C51H30N4OS/c1-4-14-31(15-5-1)49-52-50(32-16-6-2-7-17-32)54-51(53-49)40-24-13-23-38-37-22-12-21-35(47(37)56-48(38)40)33-26-28-42-41(30-33)36-27-29-44-45(39-20-10-11-25-43(39)57-44)46(36)55(42)34-18-8-3-9-19-34/h1-30H. The number of fused-ring (bicyclic) bond motifs is 10. The number of hydrogen-bond donors (Lipinski definition) is 0. The van der Waals surface area contributed by atoms with Crippen molar-refractivity contribution in [1.82, 2.24) is 19.5 Å². The molecule has 0 aliphatic heterocycles. The summed E-state index contributed by atoms with van der Waals surface area (Å²) in [5, 5.41) is 7.07. The van der Waals surface area contributed by atoms with Gasteiger partial charge in [-0.15, -0.1) is 11.3 Å². The summed E-state index contributed by atoms with van der Waals surface area (Å²) in [7, 11) is 0. The molecule has 0 unspecified atom stereocenters. The van der Waals surface area contributed by atoms with E-state index in [4.69, 9.17) is 19.4 Å². The fourth-order valence-corrected chi connectivity index (χ4v) is 9.59. The third kappa shape index (κ3) is 4.98. The van der Waals surface area contributed by atoms with Crippen molar-refractivity contribution in [2.24, 2.45) is 0 Å². The van der Waals surface area contributed by atoms with Gasteiger partial charge in [0.1, 0.15) is 11.2 Å². The van der Waals surface area contributed by atoms with E-state index in [0.717, 1.165) is 55.4 Å². The van der Waals surface area contributed by atoms with Gasteiger partial charge in [-0.3, -0.25) is 0 Å². The number of rotatable bonds is 5. The first kappa shape index (κ1) is 31.9. The maximum atomic E-state index is 6.98. The van der Waals surface area contributed by atoms with Crippen LogP contribution in [-0.4, -0.2) is 19.5 Å². The van der Waals surface area contributed by atoms with Crippen LogP contribution in [0, 0.1) is 0 Å². The van der Waals surface area contributed by atoms with E-state index in [-0.39, 0.29) is 0 Å². The Kier molecular flexibility index (Phi) is 7.03. The molecule has 5 nitrogen and oxygen atoms in total. The van der Waals surface area contributed by atoms with Crippen molar-refractivity contribution in [3.8, 4) is 51.0 Å². The van der Waals surface area contributed by atoms with Crippen LogP contribution >= 0.6 is 11.3 Å². The van der Waals surface area contributed by atoms with Gasteiger partial charge in [0.2, 0.25) is 0 Å². The molecule has 0 bridgehead atoms. The van der Waals surface area contributed by atoms with E-state index in [1.807, 2.05) is 78.1 Å². The third-order valence-corrected chi connectivity index (χ3v) is 12.2. The second kappa shape index (κ2) is 12.6. The van der Waals surface area contributed by atoms with Gasteiger partial charge in [0.25, 0.3) is 0 Å². The molecule has 57 heavy (non-hydrogen) atoms. The first-order valence-electron chi connectivity index (χ1n) is 19.0. The van der Waals surface area contributed by atoms with E-state index in [0.29, 0.717) is 17.5 Å². The number of nitrogens with zero attached hydrogens (tertiary/aromatic N) is 4. The van der Waals surface area contributed by atoms with Crippen molar-refractivity contribution in [1.29, 1.82) is 0 Å². The highest BCUT2D eigenvalue weighted by Crippen LogP contribution is 2.45. The maximum Gasteiger partial charge on any atom is 0.167 e. The van der Waals surface area contributed by atoms with E-state index in [2.05, 4.69) is 120 Å². The molecule has 0 radical (unpaired) electrons. The Labute approximate surface area is 330 Å². The van der Waals surface area contributed by atoms with Crippen LogP contribution in [0.4, 0.5) is 0 Å². The minimum absolute atomic E-state index is 0.566. The largest absolute Gasteiger partial charge is 0.455 e. The second-order valence-electron chi connectivity index (χ2n) is 14.3. The molecule has 4 heterocycles. The number of furan rings is 1. The molecule has 0 saturated heterocycles. The van der Waals surface area contributed by atoms with E-state index in [1.165, 1.54) is 42.0 Å². The molecule has 266 valence electrons. The lowest BCUT2D eigenvalue weighted by atomic mass is 9.99. The van der Waals surface area contributed by atoms with Crippen molar-refractivity contribution >= 4 is 75.3 Å².